The zero-order valence-electron chi connectivity index (χ0n) is 8.41. The summed E-state index contributed by atoms with van der Waals surface area (Å²) in [7, 11) is 0. The van der Waals surface area contributed by atoms with Crippen molar-refractivity contribution in [3.8, 4) is 0 Å². The van der Waals surface area contributed by atoms with Crippen LogP contribution in [-0.2, 0) is 21.3 Å². The second kappa shape index (κ2) is 6.40. The fourth-order valence-corrected chi connectivity index (χ4v) is 1.49. The largest absolute Gasteiger partial charge is 0.461 e. The molecule has 0 aliphatic rings. The van der Waals surface area contributed by atoms with E-state index in [0.29, 0.717) is 6.42 Å². The monoisotopic (exact) mass is 268 g/mol. The first-order valence-corrected chi connectivity index (χ1v) is 5.78. The lowest BCUT2D eigenvalue weighted by Gasteiger charge is -2.02. The molecule has 15 heavy (non-hydrogen) atoms. The van der Waals surface area contributed by atoms with E-state index in [1.807, 2.05) is 24.3 Å². The van der Waals surface area contributed by atoms with Gasteiger partial charge in [0.1, 0.15) is 6.61 Å². The van der Waals surface area contributed by atoms with Crippen LogP contribution in [0.25, 0.3) is 0 Å². The third kappa shape index (κ3) is 4.30. The number of alkyl halides is 1. The average molecular weight is 269 g/mol. The first kappa shape index (κ1) is 12.0. The SMILES string of the molecule is C=CCOC(=O)Cc1ccc(CBr)cc1. The minimum Gasteiger partial charge on any atom is -0.461 e. The highest BCUT2D eigenvalue weighted by atomic mass is 79.9. The Hall–Kier alpha value is -1.09. The first-order valence-electron chi connectivity index (χ1n) is 4.66. The topological polar surface area (TPSA) is 26.3 Å². The Morgan fingerprint density at radius 1 is 1.33 bits per heavy atom. The van der Waals surface area contributed by atoms with Crippen molar-refractivity contribution in [2.45, 2.75) is 11.8 Å². The minimum atomic E-state index is -0.221. The standard InChI is InChI=1S/C12H13BrO2/c1-2-7-15-12(14)8-10-3-5-11(9-13)6-4-10/h2-6H,1,7-9H2. The van der Waals surface area contributed by atoms with E-state index in [4.69, 9.17) is 4.74 Å². The lowest BCUT2D eigenvalue weighted by atomic mass is 10.1. The fraction of sp³-hybridized carbons (Fsp3) is 0.250. The Bertz CT molecular complexity index is 330. The maximum atomic E-state index is 11.2. The second-order valence-electron chi connectivity index (χ2n) is 3.10. The molecule has 0 aliphatic carbocycles. The van der Waals surface area contributed by atoms with E-state index < -0.39 is 0 Å². The first-order chi connectivity index (χ1) is 7.26. The fourth-order valence-electron chi connectivity index (χ4n) is 1.12. The van der Waals surface area contributed by atoms with Gasteiger partial charge in [-0.25, -0.2) is 0 Å². The number of carbonyl (C=O) groups excluding carboxylic acids is 1. The van der Waals surface area contributed by atoms with Crippen molar-refractivity contribution in [1.29, 1.82) is 0 Å². The van der Waals surface area contributed by atoms with Crippen LogP contribution in [0, 0.1) is 0 Å². The Morgan fingerprint density at radius 2 is 1.93 bits per heavy atom. The van der Waals surface area contributed by atoms with Crippen molar-refractivity contribution in [1.82, 2.24) is 0 Å². The van der Waals surface area contributed by atoms with E-state index in [9.17, 15) is 4.79 Å². The molecule has 0 radical (unpaired) electrons. The Kier molecular flexibility index (Phi) is 5.12. The molecule has 0 unspecified atom stereocenters. The van der Waals surface area contributed by atoms with Crippen LogP contribution < -0.4 is 0 Å². The van der Waals surface area contributed by atoms with Crippen molar-refractivity contribution in [3.05, 3.63) is 48.0 Å². The summed E-state index contributed by atoms with van der Waals surface area (Å²) in [6.45, 7) is 3.76. The predicted octanol–water partition coefficient (Wildman–Crippen LogP) is 2.85. The molecular formula is C12H13BrO2. The molecule has 0 aromatic heterocycles. The summed E-state index contributed by atoms with van der Waals surface area (Å²) >= 11 is 3.36. The van der Waals surface area contributed by atoms with E-state index in [-0.39, 0.29) is 12.6 Å². The van der Waals surface area contributed by atoms with Crippen molar-refractivity contribution < 1.29 is 9.53 Å². The van der Waals surface area contributed by atoms with Gasteiger partial charge >= 0.3 is 5.97 Å². The van der Waals surface area contributed by atoms with Crippen molar-refractivity contribution in [2.24, 2.45) is 0 Å². The van der Waals surface area contributed by atoms with Crippen LogP contribution in [0.4, 0.5) is 0 Å². The molecule has 0 fully saturated rings. The van der Waals surface area contributed by atoms with Crippen LogP contribution in [0.2, 0.25) is 0 Å². The van der Waals surface area contributed by atoms with Crippen LogP contribution in [0.1, 0.15) is 11.1 Å². The number of esters is 1. The summed E-state index contributed by atoms with van der Waals surface area (Å²) < 4.78 is 4.89. The van der Waals surface area contributed by atoms with Gasteiger partial charge in [0.2, 0.25) is 0 Å². The molecule has 3 heteroatoms. The highest BCUT2D eigenvalue weighted by molar-refractivity contribution is 9.08. The Labute approximate surface area is 98.1 Å². The molecule has 2 nitrogen and oxygen atoms in total. The van der Waals surface area contributed by atoms with Gasteiger partial charge in [-0.05, 0) is 11.1 Å². The number of hydrogen-bond acceptors (Lipinski definition) is 2. The highest BCUT2D eigenvalue weighted by Crippen LogP contribution is 2.08. The number of halogens is 1. The summed E-state index contributed by atoms with van der Waals surface area (Å²) in [6, 6.07) is 7.85. The van der Waals surface area contributed by atoms with Gasteiger partial charge in [0.15, 0.2) is 0 Å². The van der Waals surface area contributed by atoms with Crippen molar-refractivity contribution in [3.63, 3.8) is 0 Å². The maximum absolute atomic E-state index is 11.2. The van der Waals surface area contributed by atoms with Gasteiger partial charge in [-0.3, -0.25) is 4.79 Å². The highest BCUT2D eigenvalue weighted by Gasteiger charge is 2.03. The van der Waals surface area contributed by atoms with E-state index >= 15 is 0 Å². The van der Waals surface area contributed by atoms with Gasteiger partial charge < -0.3 is 4.74 Å². The summed E-state index contributed by atoms with van der Waals surface area (Å²) in [6.07, 6.45) is 1.88. The van der Waals surface area contributed by atoms with Crippen LogP contribution in [0.5, 0.6) is 0 Å². The van der Waals surface area contributed by atoms with Gasteiger partial charge in [-0.1, -0.05) is 52.9 Å². The number of benzene rings is 1. The van der Waals surface area contributed by atoms with E-state index in [1.54, 1.807) is 6.08 Å². The maximum Gasteiger partial charge on any atom is 0.310 e. The molecule has 0 amide bonds. The van der Waals surface area contributed by atoms with Gasteiger partial charge in [0.05, 0.1) is 6.42 Å². The smallest absolute Gasteiger partial charge is 0.310 e. The van der Waals surface area contributed by atoms with Gasteiger partial charge in [-0.15, -0.1) is 0 Å². The molecule has 0 heterocycles. The molecule has 0 atom stereocenters. The summed E-state index contributed by atoms with van der Waals surface area (Å²) in [5.74, 6) is -0.221. The average Bonchev–Trinajstić information content (AvgIpc) is 2.27. The molecule has 0 saturated heterocycles. The van der Waals surface area contributed by atoms with Crippen molar-refractivity contribution in [2.75, 3.05) is 6.61 Å². The summed E-state index contributed by atoms with van der Waals surface area (Å²) in [5, 5.41) is 0.828. The van der Waals surface area contributed by atoms with Crippen LogP contribution in [-0.4, -0.2) is 12.6 Å². The van der Waals surface area contributed by atoms with Crippen LogP contribution in [0.3, 0.4) is 0 Å². The zero-order chi connectivity index (χ0) is 11.1. The number of hydrogen-bond donors (Lipinski definition) is 0. The Morgan fingerprint density at radius 3 is 2.47 bits per heavy atom. The molecule has 0 spiro atoms. The molecule has 0 N–H and O–H groups in total. The predicted molar refractivity (Wildman–Crippen MR) is 63.9 cm³/mol. The lowest BCUT2D eigenvalue weighted by molar-refractivity contribution is -0.141. The van der Waals surface area contributed by atoms with Crippen LogP contribution >= 0.6 is 15.9 Å². The van der Waals surface area contributed by atoms with Gasteiger partial charge in [0.25, 0.3) is 0 Å². The summed E-state index contributed by atoms with van der Waals surface area (Å²) in [4.78, 5) is 11.2. The molecule has 80 valence electrons. The molecule has 1 aromatic carbocycles. The van der Waals surface area contributed by atoms with Gasteiger partial charge in [0, 0.05) is 5.33 Å². The van der Waals surface area contributed by atoms with Crippen molar-refractivity contribution >= 4 is 21.9 Å². The molecule has 0 aliphatic heterocycles. The zero-order valence-corrected chi connectivity index (χ0v) is 10.00. The normalized spacial score (nSPS) is 9.67. The number of ether oxygens (including phenoxy) is 1. The lowest BCUT2D eigenvalue weighted by Crippen LogP contribution is -2.07. The quantitative estimate of drug-likeness (QED) is 0.466. The third-order valence-electron chi connectivity index (χ3n) is 1.89. The molecule has 1 rings (SSSR count). The third-order valence-corrected chi connectivity index (χ3v) is 2.54. The molecule has 0 bridgehead atoms. The number of carbonyl (C=O) groups is 1. The molecular weight excluding hydrogens is 256 g/mol. The van der Waals surface area contributed by atoms with E-state index in [1.165, 1.54) is 5.56 Å². The second-order valence-corrected chi connectivity index (χ2v) is 3.66. The Balaban J connectivity index is 2.49. The van der Waals surface area contributed by atoms with Crippen LogP contribution in [0.15, 0.2) is 36.9 Å². The van der Waals surface area contributed by atoms with Gasteiger partial charge in [-0.2, -0.15) is 0 Å². The van der Waals surface area contributed by atoms with E-state index in [2.05, 4.69) is 22.5 Å². The summed E-state index contributed by atoms with van der Waals surface area (Å²) in [5.41, 5.74) is 2.16. The molecule has 1 aromatic rings. The minimum absolute atomic E-state index is 0.221. The van der Waals surface area contributed by atoms with E-state index in [0.717, 1.165) is 10.9 Å². The molecule has 0 saturated carbocycles. The number of rotatable bonds is 5.